The third kappa shape index (κ3) is 5.29. The SMILES string of the molecule is Cc1nc2c(OCc3ccccc3)cccn2c(=O)c1CCCN1CCC(c2noc3cc(F)ccc23)CC1. The van der Waals surface area contributed by atoms with Gasteiger partial charge in [-0.05, 0) is 82.1 Å². The molecule has 3 aromatic heterocycles. The Balaban J connectivity index is 1.07. The van der Waals surface area contributed by atoms with Gasteiger partial charge in [0.1, 0.15) is 12.4 Å². The van der Waals surface area contributed by atoms with E-state index in [2.05, 4.69) is 10.1 Å². The lowest BCUT2D eigenvalue weighted by atomic mass is 9.91. The van der Waals surface area contributed by atoms with Crippen molar-refractivity contribution in [1.82, 2.24) is 19.4 Å². The molecular formula is C31H31FN4O3. The number of rotatable bonds is 8. The largest absolute Gasteiger partial charge is 0.485 e. The molecule has 1 aliphatic heterocycles. The van der Waals surface area contributed by atoms with Gasteiger partial charge in [-0.15, -0.1) is 0 Å². The molecular weight excluding hydrogens is 495 g/mol. The van der Waals surface area contributed by atoms with Crippen LogP contribution < -0.4 is 10.3 Å². The highest BCUT2D eigenvalue weighted by molar-refractivity contribution is 5.79. The van der Waals surface area contributed by atoms with Crippen molar-refractivity contribution in [3.05, 3.63) is 106 Å². The van der Waals surface area contributed by atoms with Crippen molar-refractivity contribution in [2.45, 2.75) is 45.1 Å². The Labute approximate surface area is 225 Å². The Hall–Kier alpha value is -4.04. The second-order valence-electron chi connectivity index (χ2n) is 10.2. The van der Waals surface area contributed by atoms with Crippen molar-refractivity contribution in [3.8, 4) is 5.75 Å². The van der Waals surface area contributed by atoms with E-state index in [1.54, 1.807) is 16.7 Å². The van der Waals surface area contributed by atoms with Crippen LogP contribution in [0.15, 0.2) is 76.2 Å². The molecule has 0 unspecified atom stereocenters. The molecule has 0 aliphatic carbocycles. The number of hydrogen-bond donors (Lipinski definition) is 0. The maximum atomic E-state index is 13.5. The summed E-state index contributed by atoms with van der Waals surface area (Å²) in [6.07, 6.45) is 5.27. The number of nitrogens with zero attached hydrogens (tertiary/aromatic N) is 4. The number of fused-ring (bicyclic) bond motifs is 2. The van der Waals surface area contributed by atoms with Crippen LogP contribution in [0.4, 0.5) is 4.39 Å². The van der Waals surface area contributed by atoms with Crippen molar-refractivity contribution in [2.24, 2.45) is 0 Å². The van der Waals surface area contributed by atoms with E-state index in [9.17, 15) is 9.18 Å². The van der Waals surface area contributed by atoms with Gasteiger partial charge in [0.25, 0.3) is 5.56 Å². The van der Waals surface area contributed by atoms with E-state index in [1.165, 1.54) is 12.1 Å². The van der Waals surface area contributed by atoms with Crippen LogP contribution in [-0.4, -0.2) is 39.1 Å². The number of halogens is 1. The van der Waals surface area contributed by atoms with Gasteiger partial charge in [0.2, 0.25) is 0 Å². The lowest BCUT2D eigenvalue weighted by Gasteiger charge is -2.31. The molecule has 0 atom stereocenters. The number of benzene rings is 2. The Morgan fingerprint density at radius 3 is 2.72 bits per heavy atom. The van der Waals surface area contributed by atoms with Crippen LogP contribution in [0.25, 0.3) is 16.6 Å². The Bertz CT molecular complexity index is 1660. The molecule has 0 amide bonds. The molecule has 39 heavy (non-hydrogen) atoms. The number of pyridine rings is 1. The number of aryl methyl sites for hydroxylation is 1. The van der Waals surface area contributed by atoms with E-state index in [0.29, 0.717) is 35.9 Å². The number of hydrogen-bond acceptors (Lipinski definition) is 6. The molecule has 4 heterocycles. The molecule has 6 rings (SSSR count). The minimum atomic E-state index is -0.312. The van der Waals surface area contributed by atoms with Gasteiger partial charge in [-0.2, -0.15) is 0 Å². The number of piperidine rings is 1. The van der Waals surface area contributed by atoms with Crippen LogP contribution in [0.3, 0.4) is 0 Å². The first-order valence-electron chi connectivity index (χ1n) is 13.5. The second kappa shape index (κ2) is 11.0. The van der Waals surface area contributed by atoms with E-state index < -0.39 is 0 Å². The lowest BCUT2D eigenvalue weighted by molar-refractivity contribution is 0.207. The van der Waals surface area contributed by atoms with Crippen molar-refractivity contribution in [3.63, 3.8) is 0 Å². The van der Waals surface area contributed by atoms with E-state index in [0.717, 1.165) is 66.8 Å². The summed E-state index contributed by atoms with van der Waals surface area (Å²) < 4.78 is 26.5. The summed E-state index contributed by atoms with van der Waals surface area (Å²) in [5, 5.41) is 5.16. The molecule has 0 N–H and O–H groups in total. The predicted octanol–water partition coefficient (Wildman–Crippen LogP) is 5.67. The second-order valence-corrected chi connectivity index (χ2v) is 10.2. The number of aromatic nitrogens is 3. The van der Waals surface area contributed by atoms with Gasteiger partial charge < -0.3 is 14.2 Å². The van der Waals surface area contributed by atoms with E-state index in [4.69, 9.17) is 14.2 Å². The summed E-state index contributed by atoms with van der Waals surface area (Å²) in [6, 6.07) is 18.2. The van der Waals surface area contributed by atoms with Gasteiger partial charge in [0, 0.05) is 34.8 Å². The molecule has 2 aromatic carbocycles. The molecule has 1 aliphatic rings. The first-order chi connectivity index (χ1) is 19.1. The zero-order chi connectivity index (χ0) is 26.8. The van der Waals surface area contributed by atoms with Crippen LogP contribution in [-0.2, 0) is 13.0 Å². The van der Waals surface area contributed by atoms with Gasteiger partial charge in [-0.3, -0.25) is 9.20 Å². The third-order valence-electron chi connectivity index (χ3n) is 7.69. The summed E-state index contributed by atoms with van der Waals surface area (Å²) in [7, 11) is 0. The van der Waals surface area contributed by atoms with Crippen LogP contribution in [0.1, 0.15) is 47.7 Å². The van der Waals surface area contributed by atoms with Crippen LogP contribution >= 0.6 is 0 Å². The minimum Gasteiger partial charge on any atom is -0.485 e. The van der Waals surface area contributed by atoms with E-state index in [1.807, 2.05) is 49.4 Å². The molecule has 1 fully saturated rings. The normalized spacial score (nSPS) is 14.8. The highest BCUT2D eigenvalue weighted by Crippen LogP contribution is 2.33. The van der Waals surface area contributed by atoms with Crippen LogP contribution in [0.5, 0.6) is 5.75 Å². The fraction of sp³-hybridized carbons (Fsp3) is 0.323. The fourth-order valence-corrected chi connectivity index (χ4v) is 5.55. The monoisotopic (exact) mass is 526 g/mol. The van der Waals surface area contributed by atoms with Gasteiger partial charge in [-0.25, -0.2) is 9.37 Å². The molecule has 200 valence electrons. The number of likely N-dealkylation sites (tertiary alicyclic amines) is 1. The molecule has 1 saturated heterocycles. The first-order valence-corrected chi connectivity index (χ1v) is 13.5. The number of ether oxygens (including phenoxy) is 1. The van der Waals surface area contributed by atoms with Gasteiger partial charge in [-0.1, -0.05) is 35.5 Å². The van der Waals surface area contributed by atoms with Gasteiger partial charge in [0.05, 0.1) is 5.69 Å². The average molecular weight is 527 g/mol. The Morgan fingerprint density at radius 2 is 1.90 bits per heavy atom. The minimum absolute atomic E-state index is 0.0317. The smallest absolute Gasteiger partial charge is 0.261 e. The van der Waals surface area contributed by atoms with Crippen molar-refractivity contribution < 1.29 is 13.7 Å². The molecule has 7 nitrogen and oxygen atoms in total. The fourth-order valence-electron chi connectivity index (χ4n) is 5.55. The summed E-state index contributed by atoms with van der Waals surface area (Å²) >= 11 is 0. The predicted molar refractivity (Wildman–Crippen MR) is 148 cm³/mol. The maximum absolute atomic E-state index is 13.5. The summed E-state index contributed by atoms with van der Waals surface area (Å²) in [5.41, 5.74) is 4.52. The van der Waals surface area contributed by atoms with E-state index in [-0.39, 0.29) is 11.4 Å². The molecule has 8 heteroatoms. The zero-order valence-electron chi connectivity index (χ0n) is 22.0. The highest BCUT2D eigenvalue weighted by Gasteiger charge is 2.25. The van der Waals surface area contributed by atoms with Crippen molar-refractivity contribution in [1.29, 1.82) is 0 Å². The summed E-state index contributed by atoms with van der Waals surface area (Å²) in [5.74, 6) is 0.595. The Morgan fingerprint density at radius 1 is 1.08 bits per heavy atom. The van der Waals surface area contributed by atoms with Crippen molar-refractivity contribution in [2.75, 3.05) is 19.6 Å². The maximum Gasteiger partial charge on any atom is 0.261 e. The first kappa shape index (κ1) is 25.2. The topological polar surface area (TPSA) is 72.9 Å². The third-order valence-corrected chi connectivity index (χ3v) is 7.69. The van der Waals surface area contributed by atoms with Crippen LogP contribution in [0.2, 0.25) is 0 Å². The molecule has 5 aromatic rings. The molecule has 0 bridgehead atoms. The quantitative estimate of drug-likeness (QED) is 0.259. The standard InChI is InChI=1S/C31H31FN4O3/c1-21-25(31(37)36-16-6-10-27(30(36)33-21)38-20-22-7-3-2-4-8-22)9-5-15-35-17-13-23(14-18-35)29-26-12-11-24(32)19-28(26)39-34-29/h2-4,6-8,10-12,16,19,23H,5,9,13-15,17-18,20H2,1H3. The van der Waals surface area contributed by atoms with Gasteiger partial charge in [0.15, 0.2) is 17.0 Å². The Kier molecular flexibility index (Phi) is 7.11. The summed E-state index contributed by atoms with van der Waals surface area (Å²) in [4.78, 5) is 20.6. The van der Waals surface area contributed by atoms with Crippen LogP contribution in [0, 0.1) is 12.7 Å². The molecule has 0 radical (unpaired) electrons. The molecule has 0 saturated carbocycles. The lowest BCUT2D eigenvalue weighted by Crippen LogP contribution is -2.34. The van der Waals surface area contributed by atoms with Crippen molar-refractivity contribution >= 4 is 16.6 Å². The zero-order valence-corrected chi connectivity index (χ0v) is 22.0. The summed E-state index contributed by atoms with van der Waals surface area (Å²) in [6.45, 7) is 5.15. The van der Waals surface area contributed by atoms with E-state index >= 15 is 0 Å². The average Bonchev–Trinajstić information content (AvgIpc) is 3.37. The molecule has 0 spiro atoms. The van der Waals surface area contributed by atoms with Gasteiger partial charge >= 0.3 is 0 Å². The highest BCUT2D eigenvalue weighted by atomic mass is 19.1.